The van der Waals surface area contributed by atoms with Crippen LogP contribution in [0.1, 0.15) is 43.0 Å². The number of nitrogens with zero attached hydrogens (tertiary/aromatic N) is 2. The molecule has 1 aromatic heterocycles. The molecular weight excluding hydrogens is 252 g/mol. The van der Waals surface area contributed by atoms with Crippen LogP contribution in [0, 0.1) is 0 Å². The van der Waals surface area contributed by atoms with Gasteiger partial charge in [0.15, 0.2) is 11.9 Å². The van der Waals surface area contributed by atoms with E-state index in [0.29, 0.717) is 17.6 Å². The van der Waals surface area contributed by atoms with Gasteiger partial charge in [-0.2, -0.15) is 0 Å². The SMILES string of the molecule is CC(C)c1cc(NN)nc(C2Cc3ccccc3O2)n1. The summed E-state index contributed by atoms with van der Waals surface area (Å²) >= 11 is 0. The van der Waals surface area contributed by atoms with Gasteiger partial charge in [0.25, 0.3) is 0 Å². The summed E-state index contributed by atoms with van der Waals surface area (Å²) in [7, 11) is 0. The van der Waals surface area contributed by atoms with Gasteiger partial charge in [0.2, 0.25) is 0 Å². The van der Waals surface area contributed by atoms with Crippen molar-refractivity contribution in [1.29, 1.82) is 0 Å². The maximum Gasteiger partial charge on any atom is 0.172 e. The third-order valence-corrected chi connectivity index (χ3v) is 3.44. The van der Waals surface area contributed by atoms with E-state index < -0.39 is 0 Å². The van der Waals surface area contributed by atoms with Crippen molar-refractivity contribution in [2.24, 2.45) is 5.84 Å². The molecule has 3 rings (SSSR count). The maximum absolute atomic E-state index is 5.93. The Bertz CT molecular complexity index is 602. The summed E-state index contributed by atoms with van der Waals surface area (Å²) in [4.78, 5) is 9.04. The number of aromatic nitrogens is 2. The van der Waals surface area contributed by atoms with Gasteiger partial charge >= 0.3 is 0 Å². The molecule has 0 amide bonds. The smallest absolute Gasteiger partial charge is 0.172 e. The second-order valence-electron chi connectivity index (χ2n) is 5.25. The van der Waals surface area contributed by atoms with Gasteiger partial charge < -0.3 is 10.2 Å². The Morgan fingerprint density at radius 1 is 1.30 bits per heavy atom. The number of ether oxygens (including phenoxy) is 1. The molecule has 104 valence electrons. The molecule has 5 heteroatoms. The number of nitrogen functional groups attached to an aromatic ring is 1. The van der Waals surface area contributed by atoms with E-state index in [4.69, 9.17) is 10.6 Å². The molecule has 3 N–H and O–H groups in total. The molecule has 1 aliphatic rings. The van der Waals surface area contributed by atoms with Crippen molar-refractivity contribution < 1.29 is 4.74 Å². The first kappa shape index (κ1) is 12.9. The van der Waals surface area contributed by atoms with Crippen LogP contribution in [0.4, 0.5) is 5.82 Å². The Hall–Kier alpha value is -2.14. The van der Waals surface area contributed by atoms with Gasteiger partial charge in [-0.3, -0.25) is 0 Å². The minimum absolute atomic E-state index is 0.141. The largest absolute Gasteiger partial charge is 0.482 e. The minimum atomic E-state index is -0.141. The van der Waals surface area contributed by atoms with Crippen LogP contribution in [-0.4, -0.2) is 9.97 Å². The molecule has 0 aliphatic carbocycles. The zero-order valence-electron chi connectivity index (χ0n) is 11.6. The molecule has 0 radical (unpaired) electrons. The number of hydrogen-bond acceptors (Lipinski definition) is 5. The van der Waals surface area contributed by atoms with E-state index in [1.165, 1.54) is 5.56 Å². The maximum atomic E-state index is 5.93. The number of fused-ring (bicyclic) bond motifs is 1. The fraction of sp³-hybridized carbons (Fsp3) is 0.333. The monoisotopic (exact) mass is 270 g/mol. The second-order valence-corrected chi connectivity index (χ2v) is 5.25. The van der Waals surface area contributed by atoms with Crippen LogP contribution in [0.2, 0.25) is 0 Å². The molecule has 2 aromatic rings. The molecule has 2 heterocycles. The Labute approximate surface area is 118 Å². The van der Waals surface area contributed by atoms with Crippen LogP contribution in [0.3, 0.4) is 0 Å². The van der Waals surface area contributed by atoms with E-state index in [1.807, 2.05) is 24.3 Å². The quantitative estimate of drug-likeness (QED) is 0.662. The van der Waals surface area contributed by atoms with Crippen LogP contribution in [0.15, 0.2) is 30.3 Å². The van der Waals surface area contributed by atoms with E-state index in [2.05, 4.69) is 35.3 Å². The van der Waals surface area contributed by atoms with Crippen molar-refractivity contribution in [3.8, 4) is 5.75 Å². The van der Waals surface area contributed by atoms with E-state index in [1.54, 1.807) is 0 Å². The number of para-hydroxylation sites is 1. The second kappa shape index (κ2) is 5.09. The summed E-state index contributed by atoms with van der Waals surface area (Å²) < 4.78 is 5.93. The Morgan fingerprint density at radius 2 is 2.10 bits per heavy atom. The highest BCUT2D eigenvalue weighted by Gasteiger charge is 2.27. The molecular formula is C15H18N4O. The van der Waals surface area contributed by atoms with E-state index in [9.17, 15) is 0 Å². The van der Waals surface area contributed by atoms with Gasteiger partial charge in [-0.25, -0.2) is 15.8 Å². The van der Waals surface area contributed by atoms with Crippen molar-refractivity contribution in [2.45, 2.75) is 32.3 Å². The lowest BCUT2D eigenvalue weighted by Crippen LogP contribution is -2.15. The van der Waals surface area contributed by atoms with Crippen LogP contribution in [-0.2, 0) is 6.42 Å². The highest BCUT2D eigenvalue weighted by Crippen LogP contribution is 2.35. The topological polar surface area (TPSA) is 73.1 Å². The Morgan fingerprint density at radius 3 is 2.80 bits per heavy atom. The van der Waals surface area contributed by atoms with Gasteiger partial charge in [-0.1, -0.05) is 32.0 Å². The average molecular weight is 270 g/mol. The van der Waals surface area contributed by atoms with Gasteiger partial charge in [-0.15, -0.1) is 0 Å². The Balaban J connectivity index is 1.94. The molecule has 1 aliphatic heterocycles. The highest BCUT2D eigenvalue weighted by molar-refractivity contribution is 5.40. The van der Waals surface area contributed by atoms with E-state index in [-0.39, 0.29) is 6.10 Å². The number of hydrazine groups is 1. The van der Waals surface area contributed by atoms with Crippen LogP contribution in [0.25, 0.3) is 0 Å². The fourth-order valence-corrected chi connectivity index (χ4v) is 2.33. The fourth-order valence-electron chi connectivity index (χ4n) is 2.33. The lowest BCUT2D eigenvalue weighted by Gasteiger charge is -2.14. The summed E-state index contributed by atoms with van der Waals surface area (Å²) in [6, 6.07) is 9.91. The zero-order chi connectivity index (χ0) is 14.1. The molecule has 5 nitrogen and oxygen atoms in total. The van der Waals surface area contributed by atoms with Gasteiger partial charge in [0.1, 0.15) is 11.6 Å². The molecule has 1 atom stereocenters. The highest BCUT2D eigenvalue weighted by atomic mass is 16.5. The van der Waals surface area contributed by atoms with E-state index in [0.717, 1.165) is 17.9 Å². The predicted molar refractivity (Wildman–Crippen MR) is 77.4 cm³/mol. The number of hydrogen-bond donors (Lipinski definition) is 2. The number of nitrogens with one attached hydrogen (secondary N) is 1. The zero-order valence-corrected chi connectivity index (χ0v) is 11.6. The lowest BCUT2D eigenvalue weighted by atomic mass is 10.1. The standard InChI is InChI=1S/C15H18N4O/c1-9(2)11-8-14(19-16)18-15(17-11)13-7-10-5-3-4-6-12(10)20-13/h3-6,8-9,13H,7,16H2,1-2H3,(H,17,18,19). The van der Waals surface area contributed by atoms with Crippen LogP contribution < -0.4 is 16.0 Å². The molecule has 20 heavy (non-hydrogen) atoms. The molecule has 1 aromatic carbocycles. The first-order chi connectivity index (χ1) is 9.67. The normalized spacial score (nSPS) is 16.9. The van der Waals surface area contributed by atoms with Crippen molar-refractivity contribution >= 4 is 5.82 Å². The first-order valence-electron chi connectivity index (χ1n) is 6.77. The third-order valence-electron chi connectivity index (χ3n) is 3.44. The first-order valence-corrected chi connectivity index (χ1v) is 6.77. The molecule has 0 saturated heterocycles. The number of anilines is 1. The number of nitrogens with two attached hydrogens (primary N) is 1. The van der Waals surface area contributed by atoms with Gasteiger partial charge in [0, 0.05) is 18.2 Å². The summed E-state index contributed by atoms with van der Waals surface area (Å²) in [5.74, 6) is 8.02. The van der Waals surface area contributed by atoms with Gasteiger partial charge in [0.05, 0.1) is 0 Å². The van der Waals surface area contributed by atoms with Crippen molar-refractivity contribution in [1.82, 2.24) is 9.97 Å². The summed E-state index contributed by atoms with van der Waals surface area (Å²) in [5.41, 5.74) is 4.75. The molecule has 0 saturated carbocycles. The van der Waals surface area contributed by atoms with Crippen LogP contribution in [0.5, 0.6) is 5.75 Å². The minimum Gasteiger partial charge on any atom is -0.482 e. The third kappa shape index (κ3) is 2.32. The molecule has 0 fully saturated rings. The van der Waals surface area contributed by atoms with Crippen molar-refractivity contribution in [3.63, 3.8) is 0 Å². The molecule has 0 bridgehead atoms. The summed E-state index contributed by atoms with van der Waals surface area (Å²) in [6.45, 7) is 4.19. The lowest BCUT2D eigenvalue weighted by molar-refractivity contribution is 0.227. The molecule has 1 unspecified atom stereocenters. The average Bonchev–Trinajstić information content (AvgIpc) is 2.90. The predicted octanol–water partition coefficient (Wildman–Crippen LogP) is 2.56. The molecule has 0 spiro atoms. The van der Waals surface area contributed by atoms with Crippen molar-refractivity contribution in [2.75, 3.05) is 5.43 Å². The van der Waals surface area contributed by atoms with E-state index >= 15 is 0 Å². The summed E-state index contributed by atoms with van der Waals surface area (Å²) in [6.07, 6.45) is 0.653. The number of benzene rings is 1. The van der Waals surface area contributed by atoms with Crippen molar-refractivity contribution in [3.05, 3.63) is 47.4 Å². The summed E-state index contributed by atoms with van der Waals surface area (Å²) in [5, 5.41) is 0. The van der Waals surface area contributed by atoms with Crippen LogP contribution >= 0.6 is 0 Å². The Kier molecular flexibility index (Phi) is 3.28. The number of rotatable bonds is 3. The van der Waals surface area contributed by atoms with Gasteiger partial charge in [-0.05, 0) is 17.5 Å².